The predicted molar refractivity (Wildman–Crippen MR) is 120 cm³/mol. The third-order valence-electron chi connectivity index (χ3n) is 4.72. The Bertz CT molecular complexity index is 1120. The van der Waals surface area contributed by atoms with Crippen molar-refractivity contribution in [3.8, 4) is 11.5 Å². The molecule has 3 N–H and O–H groups in total. The van der Waals surface area contributed by atoms with E-state index in [0.29, 0.717) is 17.0 Å². The zero-order valence-electron chi connectivity index (χ0n) is 17.6. The second-order valence-electron chi connectivity index (χ2n) is 7.16. The van der Waals surface area contributed by atoms with Gasteiger partial charge in [-0.3, -0.25) is 9.59 Å². The molecule has 0 radical (unpaired) electrons. The van der Waals surface area contributed by atoms with Crippen LogP contribution in [0.3, 0.4) is 0 Å². The molecule has 172 valence electrons. The lowest BCUT2D eigenvalue weighted by Gasteiger charge is -2.11. The number of anilines is 1. The van der Waals surface area contributed by atoms with Crippen molar-refractivity contribution >= 4 is 39.1 Å². The minimum atomic E-state index is -3.84. The quantitative estimate of drug-likeness (QED) is 0.479. The normalized spacial score (nSPS) is 13.3. The molecule has 0 saturated heterocycles. The fraction of sp³-hybridized carbons (Fsp3) is 0.333. The first-order chi connectivity index (χ1) is 15.2. The van der Waals surface area contributed by atoms with E-state index in [2.05, 4.69) is 15.4 Å². The van der Waals surface area contributed by atoms with Gasteiger partial charge in [-0.15, -0.1) is 0 Å². The summed E-state index contributed by atoms with van der Waals surface area (Å²) in [6.07, 6.45) is 1.83. The molecule has 0 heterocycles. The van der Waals surface area contributed by atoms with Gasteiger partial charge in [-0.05, 0) is 43.2 Å². The average molecular weight is 482 g/mol. The maximum Gasteiger partial charge on any atom is 0.253 e. The van der Waals surface area contributed by atoms with E-state index in [4.69, 9.17) is 21.1 Å². The zero-order chi connectivity index (χ0) is 23.3. The van der Waals surface area contributed by atoms with E-state index in [1.165, 1.54) is 44.6 Å². The molecular weight excluding hydrogens is 458 g/mol. The number of halogens is 1. The van der Waals surface area contributed by atoms with Crippen LogP contribution in [-0.4, -0.2) is 47.0 Å². The fourth-order valence-electron chi connectivity index (χ4n) is 2.86. The fourth-order valence-corrected chi connectivity index (χ4v) is 4.17. The highest BCUT2D eigenvalue weighted by Crippen LogP contribution is 2.29. The molecule has 32 heavy (non-hydrogen) atoms. The summed E-state index contributed by atoms with van der Waals surface area (Å²) in [7, 11) is -0.986. The second kappa shape index (κ2) is 10.2. The Morgan fingerprint density at radius 2 is 1.78 bits per heavy atom. The number of ether oxygens (including phenoxy) is 2. The Morgan fingerprint density at radius 1 is 1.06 bits per heavy atom. The molecule has 0 unspecified atom stereocenters. The summed E-state index contributed by atoms with van der Waals surface area (Å²) < 4.78 is 37.5. The first kappa shape index (κ1) is 23.8. The summed E-state index contributed by atoms with van der Waals surface area (Å²) in [5, 5.41) is 5.70. The number of hydrogen-bond donors (Lipinski definition) is 3. The Balaban J connectivity index is 1.53. The maximum atomic E-state index is 12.5. The molecule has 2 aromatic rings. The summed E-state index contributed by atoms with van der Waals surface area (Å²) in [5.74, 6) is 0.0194. The third kappa shape index (κ3) is 6.12. The van der Waals surface area contributed by atoms with Crippen LogP contribution in [0.2, 0.25) is 5.02 Å². The highest BCUT2D eigenvalue weighted by Gasteiger charge is 2.24. The molecule has 0 atom stereocenters. The lowest BCUT2D eigenvalue weighted by molar-refractivity contribution is -0.116. The standard InChI is InChI=1S/C21H24ClN3O6S/c1-30-18-8-6-15(12-19(18)31-2)32(28,29)23-10-9-20(26)24-14-5-7-16(17(22)11-14)21(27)25-13-3-4-13/h5-8,11-13,23H,3-4,9-10H2,1-2H3,(H,24,26)(H,25,27). The number of hydrogen-bond acceptors (Lipinski definition) is 6. The van der Waals surface area contributed by atoms with E-state index in [1.807, 2.05) is 0 Å². The molecule has 0 aliphatic heterocycles. The van der Waals surface area contributed by atoms with E-state index in [1.54, 1.807) is 6.07 Å². The number of carbonyl (C=O) groups is 2. The van der Waals surface area contributed by atoms with Gasteiger partial charge < -0.3 is 20.1 Å². The van der Waals surface area contributed by atoms with Crippen molar-refractivity contribution in [2.75, 3.05) is 26.1 Å². The van der Waals surface area contributed by atoms with Crippen LogP contribution >= 0.6 is 11.6 Å². The molecule has 0 aromatic heterocycles. The van der Waals surface area contributed by atoms with Gasteiger partial charge in [0.15, 0.2) is 11.5 Å². The van der Waals surface area contributed by atoms with Gasteiger partial charge >= 0.3 is 0 Å². The highest BCUT2D eigenvalue weighted by atomic mass is 35.5. The van der Waals surface area contributed by atoms with E-state index in [0.717, 1.165) is 12.8 Å². The van der Waals surface area contributed by atoms with Crippen LogP contribution in [0.5, 0.6) is 11.5 Å². The number of rotatable bonds is 10. The van der Waals surface area contributed by atoms with Crippen molar-refractivity contribution in [3.63, 3.8) is 0 Å². The molecule has 0 spiro atoms. The molecule has 3 rings (SSSR count). The molecule has 1 fully saturated rings. The van der Waals surface area contributed by atoms with Crippen LogP contribution < -0.4 is 24.8 Å². The summed E-state index contributed by atoms with van der Waals surface area (Å²) in [5.41, 5.74) is 0.741. The maximum absolute atomic E-state index is 12.5. The lowest BCUT2D eigenvalue weighted by atomic mass is 10.2. The van der Waals surface area contributed by atoms with Crippen LogP contribution in [0.15, 0.2) is 41.3 Å². The summed E-state index contributed by atoms with van der Waals surface area (Å²) >= 11 is 6.17. The first-order valence-electron chi connectivity index (χ1n) is 9.85. The molecule has 11 heteroatoms. The number of amides is 2. The van der Waals surface area contributed by atoms with Gasteiger partial charge in [0.25, 0.3) is 5.91 Å². The van der Waals surface area contributed by atoms with Gasteiger partial charge in [0.1, 0.15) is 0 Å². The van der Waals surface area contributed by atoms with Gasteiger partial charge in [0.2, 0.25) is 15.9 Å². The van der Waals surface area contributed by atoms with Gasteiger partial charge in [-0.1, -0.05) is 11.6 Å². The van der Waals surface area contributed by atoms with E-state index in [-0.39, 0.29) is 40.6 Å². The summed E-state index contributed by atoms with van der Waals surface area (Å²) in [6.45, 7) is -0.113. The highest BCUT2D eigenvalue weighted by molar-refractivity contribution is 7.89. The molecule has 9 nitrogen and oxygen atoms in total. The number of sulfonamides is 1. The molecule has 2 amide bonds. The Hall–Kier alpha value is -2.82. The monoisotopic (exact) mass is 481 g/mol. The van der Waals surface area contributed by atoms with Gasteiger partial charge in [0.05, 0.1) is 29.7 Å². The van der Waals surface area contributed by atoms with Crippen LogP contribution in [-0.2, 0) is 14.8 Å². The van der Waals surface area contributed by atoms with E-state index < -0.39 is 15.9 Å². The minimum Gasteiger partial charge on any atom is -0.493 e. The lowest BCUT2D eigenvalue weighted by Crippen LogP contribution is -2.28. The van der Waals surface area contributed by atoms with Crippen LogP contribution in [0.4, 0.5) is 5.69 Å². The number of benzene rings is 2. The van der Waals surface area contributed by atoms with Crippen LogP contribution in [0.1, 0.15) is 29.6 Å². The number of carbonyl (C=O) groups excluding carboxylic acids is 2. The zero-order valence-corrected chi connectivity index (χ0v) is 19.2. The predicted octanol–water partition coefficient (Wildman–Crippen LogP) is 2.56. The van der Waals surface area contributed by atoms with Gasteiger partial charge in [-0.25, -0.2) is 13.1 Å². The first-order valence-corrected chi connectivity index (χ1v) is 11.7. The minimum absolute atomic E-state index is 0.0117. The molecule has 2 aromatic carbocycles. The summed E-state index contributed by atoms with van der Waals surface area (Å²) in [6, 6.07) is 9.00. The number of nitrogens with one attached hydrogen (secondary N) is 3. The van der Waals surface area contributed by atoms with Crippen molar-refractivity contribution in [1.82, 2.24) is 10.0 Å². The molecule has 1 aliphatic carbocycles. The summed E-state index contributed by atoms with van der Waals surface area (Å²) in [4.78, 5) is 24.3. The largest absolute Gasteiger partial charge is 0.493 e. The molecular formula is C21H24ClN3O6S. The van der Waals surface area contributed by atoms with Crippen molar-refractivity contribution in [2.45, 2.75) is 30.2 Å². The van der Waals surface area contributed by atoms with Crippen molar-refractivity contribution in [3.05, 3.63) is 47.0 Å². The average Bonchev–Trinajstić information content (AvgIpc) is 3.57. The van der Waals surface area contributed by atoms with Crippen molar-refractivity contribution in [1.29, 1.82) is 0 Å². The van der Waals surface area contributed by atoms with E-state index >= 15 is 0 Å². The molecule has 1 aliphatic rings. The van der Waals surface area contributed by atoms with Crippen molar-refractivity contribution in [2.24, 2.45) is 0 Å². The smallest absolute Gasteiger partial charge is 0.253 e. The number of methoxy groups -OCH3 is 2. The Morgan fingerprint density at radius 3 is 2.41 bits per heavy atom. The Labute approximate surface area is 191 Å². The third-order valence-corrected chi connectivity index (χ3v) is 6.49. The SMILES string of the molecule is COc1ccc(S(=O)(=O)NCCC(=O)Nc2ccc(C(=O)NC3CC3)c(Cl)c2)cc1OC. The second-order valence-corrected chi connectivity index (χ2v) is 9.33. The van der Waals surface area contributed by atoms with Crippen molar-refractivity contribution < 1.29 is 27.5 Å². The molecule has 1 saturated carbocycles. The molecule has 0 bridgehead atoms. The Kier molecular flexibility index (Phi) is 7.60. The van der Waals surface area contributed by atoms with Crippen LogP contribution in [0, 0.1) is 0 Å². The van der Waals surface area contributed by atoms with E-state index in [9.17, 15) is 18.0 Å². The van der Waals surface area contributed by atoms with Crippen LogP contribution in [0.25, 0.3) is 0 Å². The topological polar surface area (TPSA) is 123 Å². The van der Waals surface area contributed by atoms with Gasteiger partial charge in [0, 0.05) is 30.8 Å². The van der Waals surface area contributed by atoms with Gasteiger partial charge in [-0.2, -0.15) is 0 Å².